The van der Waals surface area contributed by atoms with E-state index in [1.54, 1.807) is 0 Å². The highest BCUT2D eigenvalue weighted by atomic mass is 15.0. The number of aromatic amines is 1. The SMILES string of the molecule is CCCCCCCCCCCC(c1[nH]cc[n+]1C)C(C)(Cc1ccccc1)c1ccccc1. The topological polar surface area (TPSA) is 19.7 Å². The lowest BCUT2D eigenvalue weighted by molar-refractivity contribution is -0.679. The van der Waals surface area contributed by atoms with Gasteiger partial charge in [0.05, 0.1) is 13.0 Å². The molecule has 2 aromatic carbocycles. The largest absolute Gasteiger partial charge is 0.258 e. The van der Waals surface area contributed by atoms with Gasteiger partial charge in [0, 0.05) is 5.41 Å². The van der Waals surface area contributed by atoms with Crippen LogP contribution in [0.3, 0.4) is 0 Å². The number of imidazole rings is 1. The molecule has 0 aliphatic carbocycles. The number of nitrogens with zero attached hydrogens (tertiary/aromatic N) is 1. The van der Waals surface area contributed by atoms with Crippen molar-refractivity contribution in [1.29, 1.82) is 0 Å². The van der Waals surface area contributed by atoms with E-state index in [0.29, 0.717) is 5.92 Å². The van der Waals surface area contributed by atoms with Crippen molar-refractivity contribution < 1.29 is 4.57 Å². The monoisotopic (exact) mass is 445 g/mol. The maximum Gasteiger partial charge on any atom is 0.258 e. The summed E-state index contributed by atoms with van der Waals surface area (Å²) in [5.74, 6) is 1.78. The molecule has 178 valence electrons. The van der Waals surface area contributed by atoms with Crippen LogP contribution < -0.4 is 4.57 Å². The first-order valence-electron chi connectivity index (χ1n) is 13.3. The van der Waals surface area contributed by atoms with Gasteiger partial charge >= 0.3 is 0 Å². The Kier molecular flexibility index (Phi) is 10.2. The summed E-state index contributed by atoms with van der Waals surface area (Å²) in [6, 6.07) is 22.2. The highest BCUT2D eigenvalue weighted by Gasteiger charge is 2.41. The molecule has 0 fully saturated rings. The van der Waals surface area contributed by atoms with Crippen molar-refractivity contribution in [2.45, 2.75) is 95.8 Å². The van der Waals surface area contributed by atoms with Gasteiger partial charge in [0.2, 0.25) is 0 Å². The fraction of sp³-hybridized carbons (Fsp3) is 0.516. The van der Waals surface area contributed by atoms with Crippen molar-refractivity contribution in [2.24, 2.45) is 7.05 Å². The number of unbranched alkanes of at least 4 members (excludes halogenated alkanes) is 8. The van der Waals surface area contributed by atoms with Crippen molar-refractivity contribution in [3.05, 3.63) is 90.0 Å². The van der Waals surface area contributed by atoms with E-state index in [1.807, 2.05) is 0 Å². The fourth-order valence-corrected chi connectivity index (χ4v) is 5.44. The third-order valence-electron chi connectivity index (χ3n) is 7.45. The third-order valence-corrected chi connectivity index (χ3v) is 7.45. The van der Waals surface area contributed by atoms with Crippen molar-refractivity contribution in [3.8, 4) is 0 Å². The van der Waals surface area contributed by atoms with Crippen LogP contribution in [0.4, 0.5) is 0 Å². The van der Waals surface area contributed by atoms with Crippen LogP contribution in [0, 0.1) is 0 Å². The first-order chi connectivity index (χ1) is 16.1. The maximum absolute atomic E-state index is 3.61. The average Bonchev–Trinajstić information content (AvgIpc) is 3.26. The van der Waals surface area contributed by atoms with Crippen LogP contribution in [0.5, 0.6) is 0 Å². The number of H-pyrrole nitrogens is 1. The van der Waals surface area contributed by atoms with E-state index < -0.39 is 0 Å². The highest BCUT2D eigenvalue weighted by Crippen LogP contribution is 2.43. The van der Waals surface area contributed by atoms with Crippen molar-refractivity contribution in [3.63, 3.8) is 0 Å². The summed E-state index contributed by atoms with van der Waals surface area (Å²) in [5.41, 5.74) is 2.87. The van der Waals surface area contributed by atoms with Gasteiger partial charge in [0.1, 0.15) is 12.4 Å². The molecule has 33 heavy (non-hydrogen) atoms. The van der Waals surface area contributed by atoms with Gasteiger partial charge in [-0.25, -0.2) is 9.55 Å². The molecule has 0 radical (unpaired) electrons. The molecule has 0 bridgehead atoms. The number of aryl methyl sites for hydroxylation is 1. The molecular weight excluding hydrogens is 400 g/mol. The van der Waals surface area contributed by atoms with E-state index >= 15 is 0 Å². The van der Waals surface area contributed by atoms with Gasteiger partial charge in [0.25, 0.3) is 5.82 Å². The van der Waals surface area contributed by atoms with E-state index in [4.69, 9.17) is 0 Å². The Labute approximate surface area is 202 Å². The number of nitrogens with one attached hydrogen (secondary N) is 1. The molecule has 0 saturated carbocycles. The number of hydrogen-bond donors (Lipinski definition) is 1. The Hall–Kier alpha value is -2.35. The maximum atomic E-state index is 3.61. The van der Waals surface area contributed by atoms with E-state index in [2.05, 4.69) is 104 Å². The number of benzene rings is 2. The minimum Gasteiger partial charge on any atom is -0.247 e. The average molecular weight is 446 g/mol. The standard InChI is InChI=1S/C31H44N2/c1-4-5-6-7-8-9-10-11-18-23-29(30-32-24-25-33(30)3)31(2,28-21-16-13-17-22-28)26-27-19-14-12-15-20-27/h12-17,19-22,24-25,29H,4-11,18,23,26H2,1-3H3/p+1. The molecule has 2 heteroatoms. The molecule has 3 rings (SSSR count). The summed E-state index contributed by atoms with van der Waals surface area (Å²) < 4.78 is 2.30. The number of hydrogen-bond acceptors (Lipinski definition) is 0. The molecule has 0 saturated heterocycles. The summed E-state index contributed by atoms with van der Waals surface area (Å²) in [6.07, 6.45) is 18.9. The van der Waals surface area contributed by atoms with Crippen molar-refractivity contribution in [1.82, 2.24) is 4.98 Å². The molecule has 2 unspecified atom stereocenters. The number of rotatable bonds is 15. The van der Waals surface area contributed by atoms with E-state index in [1.165, 1.54) is 81.2 Å². The first-order valence-corrected chi connectivity index (χ1v) is 13.3. The number of aromatic nitrogens is 2. The lowest BCUT2D eigenvalue weighted by Gasteiger charge is -2.37. The predicted molar refractivity (Wildman–Crippen MR) is 140 cm³/mol. The molecule has 2 nitrogen and oxygen atoms in total. The van der Waals surface area contributed by atoms with Crippen LogP contribution in [0.15, 0.2) is 73.1 Å². The lowest BCUT2D eigenvalue weighted by atomic mass is 9.66. The third kappa shape index (κ3) is 7.32. The van der Waals surface area contributed by atoms with Crippen LogP contribution >= 0.6 is 0 Å². The lowest BCUT2D eigenvalue weighted by Crippen LogP contribution is -2.41. The Morgan fingerprint density at radius 3 is 1.94 bits per heavy atom. The molecule has 1 heterocycles. The smallest absolute Gasteiger partial charge is 0.247 e. The van der Waals surface area contributed by atoms with Gasteiger partial charge < -0.3 is 0 Å². The normalized spacial score (nSPS) is 14.2. The van der Waals surface area contributed by atoms with Gasteiger partial charge in [-0.1, -0.05) is 132 Å². The van der Waals surface area contributed by atoms with Crippen LogP contribution in [0.25, 0.3) is 0 Å². The Bertz CT molecular complexity index is 899. The zero-order valence-electron chi connectivity index (χ0n) is 21.2. The van der Waals surface area contributed by atoms with E-state index in [0.717, 1.165) is 6.42 Å². The molecule has 3 aromatic rings. The molecule has 1 aromatic heterocycles. The minimum absolute atomic E-state index is 0.0192. The molecule has 0 aliphatic rings. The summed E-state index contributed by atoms with van der Waals surface area (Å²) in [7, 11) is 2.18. The van der Waals surface area contributed by atoms with Crippen molar-refractivity contribution in [2.75, 3.05) is 0 Å². The first kappa shape index (κ1) is 25.3. The van der Waals surface area contributed by atoms with Crippen LogP contribution in [-0.4, -0.2) is 4.98 Å². The Morgan fingerprint density at radius 2 is 1.36 bits per heavy atom. The fourth-order valence-electron chi connectivity index (χ4n) is 5.44. The van der Waals surface area contributed by atoms with Gasteiger partial charge in [-0.15, -0.1) is 0 Å². The Balaban J connectivity index is 1.74. The zero-order chi connectivity index (χ0) is 23.4. The molecular formula is C31H45N2+. The molecule has 2 atom stereocenters. The van der Waals surface area contributed by atoms with E-state index in [9.17, 15) is 0 Å². The van der Waals surface area contributed by atoms with Gasteiger partial charge in [-0.2, -0.15) is 0 Å². The summed E-state index contributed by atoms with van der Waals surface area (Å²) >= 11 is 0. The zero-order valence-corrected chi connectivity index (χ0v) is 21.2. The van der Waals surface area contributed by atoms with Gasteiger partial charge in [0.15, 0.2) is 0 Å². The summed E-state index contributed by atoms with van der Waals surface area (Å²) in [6.45, 7) is 4.77. The molecule has 0 spiro atoms. The van der Waals surface area contributed by atoms with Gasteiger partial charge in [-0.3, -0.25) is 0 Å². The van der Waals surface area contributed by atoms with Crippen LogP contribution in [0.1, 0.15) is 101 Å². The summed E-state index contributed by atoms with van der Waals surface area (Å²) in [5, 5.41) is 0. The van der Waals surface area contributed by atoms with E-state index in [-0.39, 0.29) is 5.41 Å². The quantitative estimate of drug-likeness (QED) is 0.180. The molecule has 0 aliphatic heterocycles. The minimum atomic E-state index is 0.0192. The second-order valence-corrected chi connectivity index (χ2v) is 10.1. The highest BCUT2D eigenvalue weighted by molar-refractivity contribution is 5.32. The van der Waals surface area contributed by atoms with Crippen LogP contribution in [-0.2, 0) is 18.9 Å². The predicted octanol–water partition coefficient (Wildman–Crippen LogP) is 8.04. The molecule has 0 amide bonds. The van der Waals surface area contributed by atoms with Crippen LogP contribution in [0.2, 0.25) is 0 Å². The molecule has 1 N–H and O–H groups in total. The second kappa shape index (κ2) is 13.4. The van der Waals surface area contributed by atoms with Crippen molar-refractivity contribution >= 4 is 0 Å². The van der Waals surface area contributed by atoms with Gasteiger partial charge in [-0.05, 0) is 24.0 Å². The summed E-state index contributed by atoms with van der Waals surface area (Å²) in [4.78, 5) is 3.61. The second-order valence-electron chi connectivity index (χ2n) is 10.1. The Morgan fingerprint density at radius 1 is 0.788 bits per heavy atom.